The fourth-order valence-corrected chi connectivity index (χ4v) is 1.94. The number of amides is 1. The maximum atomic E-state index is 11.1. The van der Waals surface area contributed by atoms with Crippen LogP contribution in [0, 0.1) is 0 Å². The van der Waals surface area contributed by atoms with Crippen LogP contribution in [0.2, 0.25) is 0 Å². The quantitative estimate of drug-likeness (QED) is 0.775. The van der Waals surface area contributed by atoms with Crippen LogP contribution in [0.1, 0.15) is 32.1 Å². The standard InChI is InChI=1S/C9H9N5O2S/c1-5(15)7-3-11-8(17-7)4-14-12-2-6(13-14)9(10)16/h2-3H,4H2,1H3,(H2,10,16). The first kappa shape index (κ1) is 11.4. The number of carbonyl (C=O) groups excluding carboxylic acids is 2. The number of ketones is 1. The molecular weight excluding hydrogens is 242 g/mol. The van der Waals surface area contributed by atoms with Gasteiger partial charge in [-0.1, -0.05) is 0 Å². The van der Waals surface area contributed by atoms with Crippen LogP contribution in [0.4, 0.5) is 0 Å². The van der Waals surface area contributed by atoms with E-state index in [2.05, 4.69) is 15.2 Å². The van der Waals surface area contributed by atoms with E-state index in [4.69, 9.17) is 5.73 Å². The normalized spacial score (nSPS) is 10.4. The van der Waals surface area contributed by atoms with Crippen LogP contribution in [0.5, 0.6) is 0 Å². The molecule has 0 unspecified atom stereocenters. The van der Waals surface area contributed by atoms with E-state index >= 15 is 0 Å². The molecule has 0 aromatic carbocycles. The molecule has 2 aromatic heterocycles. The average Bonchev–Trinajstić information content (AvgIpc) is 2.87. The second-order valence-electron chi connectivity index (χ2n) is 3.30. The zero-order chi connectivity index (χ0) is 12.4. The molecular formula is C9H9N5O2S. The summed E-state index contributed by atoms with van der Waals surface area (Å²) in [5.41, 5.74) is 5.16. The number of hydrogen-bond acceptors (Lipinski definition) is 6. The van der Waals surface area contributed by atoms with Crippen molar-refractivity contribution in [2.75, 3.05) is 0 Å². The molecule has 2 heterocycles. The SMILES string of the molecule is CC(=O)c1cnc(Cn2ncc(C(N)=O)n2)s1. The third kappa shape index (κ3) is 2.53. The first-order chi connectivity index (χ1) is 8.06. The van der Waals surface area contributed by atoms with E-state index in [1.807, 2.05) is 0 Å². The van der Waals surface area contributed by atoms with Crippen LogP contribution >= 0.6 is 11.3 Å². The second-order valence-corrected chi connectivity index (χ2v) is 4.41. The summed E-state index contributed by atoms with van der Waals surface area (Å²) in [6.07, 6.45) is 2.81. The molecule has 0 radical (unpaired) electrons. The number of thiazole rings is 1. The smallest absolute Gasteiger partial charge is 0.270 e. The molecule has 2 rings (SSSR count). The van der Waals surface area contributed by atoms with Gasteiger partial charge in [0.1, 0.15) is 11.6 Å². The molecule has 0 fully saturated rings. The monoisotopic (exact) mass is 251 g/mol. The van der Waals surface area contributed by atoms with Gasteiger partial charge in [0.15, 0.2) is 11.5 Å². The summed E-state index contributed by atoms with van der Waals surface area (Å²) in [6, 6.07) is 0. The molecule has 0 aliphatic carbocycles. The number of nitrogens with two attached hydrogens (primary N) is 1. The predicted octanol–water partition coefficient (Wildman–Crippen LogP) is 0.0844. The Balaban J connectivity index is 2.13. The summed E-state index contributed by atoms with van der Waals surface area (Å²) >= 11 is 1.28. The highest BCUT2D eigenvalue weighted by atomic mass is 32.1. The van der Waals surface area contributed by atoms with Crippen molar-refractivity contribution in [2.24, 2.45) is 5.73 Å². The van der Waals surface area contributed by atoms with Gasteiger partial charge < -0.3 is 5.73 Å². The highest BCUT2D eigenvalue weighted by molar-refractivity contribution is 7.13. The number of rotatable bonds is 4. The fourth-order valence-electron chi connectivity index (χ4n) is 1.15. The summed E-state index contributed by atoms with van der Waals surface area (Å²) in [6.45, 7) is 1.79. The lowest BCUT2D eigenvalue weighted by molar-refractivity contribution is 0.0992. The molecule has 0 aliphatic heterocycles. The zero-order valence-electron chi connectivity index (χ0n) is 8.95. The largest absolute Gasteiger partial charge is 0.364 e. The maximum Gasteiger partial charge on any atom is 0.270 e. The third-order valence-corrected chi connectivity index (χ3v) is 3.05. The van der Waals surface area contributed by atoms with E-state index in [0.29, 0.717) is 16.4 Å². The first-order valence-corrected chi connectivity index (χ1v) is 5.53. The number of primary amides is 1. The zero-order valence-corrected chi connectivity index (χ0v) is 9.77. The van der Waals surface area contributed by atoms with Crippen LogP contribution in [0.25, 0.3) is 0 Å². The molecule has 0 bridgehead atoms. The van der Waals surface area contributed by atoms with Crippen molar-refractivity contribution in [1.82, 2.24) is 20.0 Å². The summed E-state index contributed by atoms with van der Waals surface area (Å²) in [5.74, 6) is -0.653. The van der Waals surface area contributed by atoms with Crippen LogP contribution in [0.3, 0.4) is 0 Å². The minimum Gasteiger partial charge on any atom is -0.364 e. The van der Waals surface area contributed by atoms with Crippen molar-refractivity contribution in [3.05, 3.63) is 28.0 Å². The number of carbonyl (C=O) groups is 2. The highest BCUT2D eigenvalue weighted by Gasteiger charge is 2.09. The molecule has 0 aliphatic rings. The van der Waals surface area contributed by atoms with E-state index in [1.165, 1.54) is 35.5 Å². The van der Waals surface area contributed by atoms with Gasteiger partial charge in [-0.05, 0) is 0 Å². The van der Waals surface area contributed by atoms with E-state index in [9.17, 15) is 9.59 Å². The van der Waals surface area contributed by atoms with E-state index in [1.54, 1.807) is 0 Å². The first-order valence-electron chi connectivity index (χ1n) is 4.72. The lowest BCUT2D eigenvalue weighted by Crippen LogP contribution is -2.12. The van der Waals surface area contributed by atoms with Crippen molar-refractivity contribution in [3.63, 3.8) is 0 Å². The molecule has 17 heavy (non-hydrogen) atoms. The van der Waals surface area contributed by atoms with Crippen LogP contribution in [-0.2, 0) is 6.54 Å². The number of nitrogens with zero attached hydrogens (tertiary/aromatic N) is 4. The van der Waals surface area contributed by atoms with Gasteiger partial charge in [0.25, 0.3) is 5.91 Å². The molecule has 7 nitrogen and oxygen atoms in total. The van der Waals surface area contributed by atoms with Crippen molar-refractivity contribution < 1.29 is 9.59 Å². The lowest BCUT2D eigenvalue weighted by Gasteiger charge is -1.93. The van der Waals surface area contributed by atoms with Gasteiger partial charge in [0.2, 0.25) is 0 Å². The molecule has 0 saturated carbocycles. The summed E-state index contributed by atoms with van der Waals surface area (Å²) in [4.78, 5) is 27.8. The van der Waals surface area contributed by atoms with E-state index in [-0.39, 0.29) is 11.5 Å². The van der Waals surface area contributed by atoms with Gasteiger partial charge >= 0.3 is 0 Å². The Bertz CT molecular complexity index is 523. The average molecular weight is 251 g/mol. The Labute approximate surface area is 100 Å². The van der Waals surface area contributed by atoms with Gasteiger partial charge in [-0.3, -0.25) is 9.59 Å². The Hall–Kier alpha value is -2.09. The number of aromatic nitrogens is 4. The summed E-state index contributed by atoms with van der Waals surface area (Å²) in [7, 11) is 0. The third-order valence-electron chi connectivity index (χ3n) is 1.97. The maximum absolute atomic E-state index is 11.1. The Morgan fingerprint density at radius 3 is 2.76 bits per heavy atom. The number of hydrogen-bond donors (Lipinski definition) is 1. The fraction of sp³-hybridized carbons (Fsp3) is 0.222. The molecule has 0 atom stereocenters. The van der Waals surface area contributed by atoms with Crippen LogP contribution in [-0.4, -0.2) is 31.7 Å². The minimum atomic E-state index is -0.625. The number of Topliss-reactive ketones (excluding diaryl/α,β-unsaturated/α-hetero) is 1. The summed E-state index contributed by atoms with van der Waals surface area (Å²) < 4.78 is 0. The molecule has 2 aromatic rings. The molecule has 0 saturated heterocycles. The topological polar surface area (TPSA) is 104 Å². The Morgan fingerprint density at radius 1 is 1.47 bits per heavy atom. The van der Waals surface area contributed by atoms with Crippen molar-refractivity contribution in [1.29, 1.82) is 0 Å². The molecule has 0 spiro atoms. The molecule has 1 amide bonds. The van der Waals surface area contributed by atoms with E-state index < -0.39 is 5.91 Å². The molecule has 8 heteroatoms. The molecule has 88 valence electrons. The van der Waals surface area contributed by atoms with Crippen molar-refractivity contribution in [3.8, 4) is 0 Å². The van der Waals surface area contributed by atoms with Crippen LogP contribution < -0.4 is 5.73 Å². The van der Waals surface area contributed by atoms with Crippen molar-refractivity contribution >= 4 is 23.0 Å². The minimum absolute atomic E-state index is 0.0278. The van der Waals surface area contributed by atoms with Crippen molar-refractivity contribution in [2.45, 2.75) is 13.5 Å². The van der Waals surface area contributed by atoms with Crippen LogP contribution in [0.15, 0.2) is 12.4 Å². The van der Waals surface area contributed by atoms with Gasteiger partial charge in [-0.15, -0.1) is 16.4 Å². The highest BCUT2D eigenvalue weighted by Crippen LogP contribution is 2.14. The van der Waals surface area contributed by atoms with Gasteiger partial charge in [-0.2, -0.15) is 9.90 Å². The van der Waals surface area contributed by atoms with Gasteiger partial charge in [0, 0.05) is 13.1 Å². The Kier molecular flexibility index (Phi) is 2.96. The lowest BCUT2D eigenvalue weighted by atomic mass is 10.4. The predicted molar refractivity (Wildman–Crippen MR) is 59.8 cm³/mol. The summed E-state index contributed by atoms with van der Waals surface area (Å²) in [5, 5.41) is 8.44. The van der Waals surface area contributed by atoms with E-state index in [0.717, 1.165) is 0 Å². The van der Waals surface area contributed by atoms with Gasteiger partial charge in [-0.25, -0.2) is 4.98 Å². The second kappa shape index (κ2) is 4.42. The Morgan fingerprint density at radius 2 is 2.24 bits per heavy atom. The van der Waals surface area contributed by atoms with Gasteiger partial charge in [0.05, 0.1) is 11.1 Å². The molecule has 2 N–H and O–H groups in total.